The highest BCUT2D eigenvalue weighted by atomic mass is 16.5. The van der Waals surface area contributed by atoms with Crippen LogP contribution in [0.25, 0.3) is 0 Å². The van der Waals surface area contributed by atoms with Gasteiger partial charge in [0, 0.05) is 24.1 Å². The minimum atomic E-state index is -0.142. The predicted octanol–water partition coefficient (Wildman–Crippen LogP) is 4.32. The first kappa shape index (κ1) is 16.2. The molecule has 0 aliphatic carbocycles. The van der Waals surface area contributed by atoms with Crippen molar-refractivity contribution >= 4 is 0 Å². The van der Waals surface area contributed by atoms with Crippen molar-refractivity contribution in [3.8, 4) is 11.5 Å². The summed E-state index contributed by atoms with van der Waals surface area (Å²) in [5.41, 5.74) is 1.10. The van der Waals surface area contributed by atoms with Crippen molar-refractivity contribution in [2.45, 2.75) is 59.1 Å². The summed E-state index contributed by atoms with van der Waals surface area (Å²) < 4.78 is 12.0. The molecule has 1 aromatic carbocycles. The van der Waals surface area contributed by atoms with E-state index >= 15 is 0 Å². The van der Waals surface area contributed by atoms with E-state index < -0.39 is 0 Å². The van der Waals surface area contributed by atoms with Crippen LogP contribution in [0.2, 0.25) is 0 Å². The van der Waals surface area contributed by atoms with Gasteiger partial charge in [0.05, 0.1) is 6.61 Å². The number of nitrogens with one attached hydrogen (secondary N) is 1. The zero-order valence-electron chi connectivity index (χ0n) is 14.0. The first-order chi connectivity index (χ1) is 9.91. The number of fused-ring (bicyclic) bond motifs is 1. The van der Waals surface area contributed by atoms with Crippen LogP contribution >= 0.6 is 0 Å². The van der Waals surface area contributed by atoms with Crippen molar-refractivity contribution in [1.29, 1.82) is 0 Å². The molecule has 3 heteroatoms. The van der Waals surface area contributed by atoms with Crippen LogP contribution < -0.4 is 14.8 Å². The molecule has 0 fully saturated rings. The van der Waals surface area contributed by atoms with Crippen LogP contribution in [-0.2, 0) is 0 Å². The molecule has 0 radical (unpaired) electrons. The first-order valence-corrected chi connectivity index (χ1v) is 8.10. The average molecular weight is 291 g/mol. The second-order valence-electron chi connectivity index (χ2n) is 6.91. The molecule has 1 unspecified atom stereocenters. The molecule has 0 saturated heterocycles. The van der Waals surface area contributed by atoms with Crippen LogP contribution in [0.15, 0.2) is 18.2 Å². The SMILES string of the molecule is CCNC1CC(C)(C)Oc2cc(OCCC(C)C)ccc21. The Morgan fingerprint density at radius 2 is 2.14 bits per heavy atom. The Bertz CT molecular complexity index is 468. The molecule has 118 valence electrons. The van der Waals surface area contributed by atoms with Crippen LogP contribution in [-0.4, -0.2) is 18.8 Å². The van der Waals surface area contributed by atoms with E-state index in [1.807, 2.05) is 6.07 Å². The van der Waals surface area contributed by atoms with Gasteiger partial charge in [-0.3, -0.25) is 0 Å². The normalized spacial score (nSPS) is 20.0. The standard InChI is InChI=1S/C18H29NO2/c1-6-19-16-12-18(4,5)21-17-11-14(7-8-15(16)17)20-10-9-13(2)3/h7-8,11,13,16,19H,6,9-10,12H2,1-5H3. The molecule has 0 bridgehead atoms. The molecule has 0 amide bonds. The molecule has 1 heterocycles. The third-order valence-corrected chi connectivity index (χ3v) is 3.86. The van der Waals surface area contributed by atoms with E-state index in [4.69, 9.17) is 9.47 Å². The summed E-state index contributed by atoms with van der Waals surface area (Å²) in [6.45, 7) is 12.6. The number of benzene rings is 1. The van der Waals surface area contributed by atoms with Gasteiger partial charge in [0.2, 0.25) is 0 Å². The maximum atomic E-state index is 6.14. The van der Waals surface area contributed by atoms with Crippen molar-refractivity contribution in [2.75, 3.05) is 13.2 Å². The van der Waals surface area contributed by atoms with E-state index in [1.54, 1.807) is 0 Å². The minimum absolute atomic E-state index is 0.142. The van der Waals surface area contributed by atoms with Crippen LogP contribution in [0.4, 0.5) is 0 Å². The minimum Gasteiger partial charge on any atom is -0.493 e. The Morgan fingerprint density at radius 3 is 2.81 bits per heavy atom. The predicted molar refractivity (Wildman–Crippen MR) is 87.1 cm³/mol. The van der Waals surface area contributed by atoms with Gasteiger partial charge in [-0.2, -0.15) is 0 Å². The van der Waals surface area contributed by atoms with Gasteiger partial charge in [-0.05, 0) is 38.8 Å². The summed E-state index contributed by atoms with van der Waals surface area (Å²) in [4.78, 5) is 0. The maximum absolute atomic E-state index is 6.14. The van der Waals surface area contributed by atoms with E-state index in [9.17, 15) is 0 Å². The second kappa shape index (κ2) is 6.69. The molecule has 0 spiro atoms. The van der Waals surface area contributed by atoms with Gasteiger partial charge in [-0.25, -0.2) is 0 Å². The van der Waals surface area contributed by atoms with Gasteiger partial charge in [0.25, 0.3) is 0 Å². The van der Waals surface area contributed by atoms with Gasteiger partial charge in [-0.1, -0.05) is 26.8 Å². The molecule has 1 atom stereocenters. The smallest absolute Gasteiger partial charge is 0.128 e. The molecule has 1 aliphatic rings. The monoisotopic (exact) mass is 291 g/mol. The number of rotatable bonds is 6. The maximum Gasteiger partial charge on any atom is 0.128 e. The van der Waals surface area contributed by atoms with E-state index in [0.717, 1.165) is 37.5 Å². The molecule has 0 saturated carbocycles. The highest BCUT2D eigenvalue weighted by Crippen LogP contribution is 2.41. The Morgan fingerprint density at radius 1 is 1.38 bits per heavy atom. The fourth-order valence-corrected chi connectivity index (χ4v) is 2.76. The fourth-order valence-electron chi connectivity index (χ4n) is 2.76. The Kier molecular flexibility index (Phi) is 5.15. The number of ether oxygens (including phenoxy) is 2. The van der Waals surface area contributed by atoms with Crippen LogP contribution in [0, 0.1) is 5.92 Å². The Balaban J connectivity index is 2.14. The molecule has 0 aromatic heterocycles. The largest absolute Gasteiger partial charge is 0.493 e. The van der Waals surface area contributed by atoms with Gasteiger partial charge in [0.15, 0.2) is 0 Å². The van der Waals surface area contributed by atoms with Crippen LogP contribution in [0.3, 0.4) is 0 Å². The summed E-state index contributed by atoms with van der Waals surface area (Å²) in [6.07, 6.45) is 2.06. The summed E-state index contributed by atoms with van der Waals surface area (Å²) in [6, 6.07) is 6.60. The lowest BCUT2D eigenvalue weighted by molar-refractivity contribution is 0.0660. The van der Waals surface area contributed by atoms with Crippen molar-refractivity contribution < 1.29 is 9.47 Å². The first-order valence-electron chi connectivity index (χ1n) is 8.10. The quantitative estimate of drug-likeness (QED) is 0.846. The Labute approximate surface area is 129 Å². The molecule has 3 nitrogen and oxygen atoms in total. The summed E-state index contributed by atoms with van der Waals surface area (Å²) >= 11 is 0. The van der Waals surface area contributed by atoms with E-state index in [1.165, 1.54) is 5.56 Å². The zero-order chi connectivity index (χ0) is 15.5. The molecule has 1 aliphatic heterocycles. The lowest BCUT2D eigenvalue weighted by atomic mass is 9.89. The van der Waals surface area contributed by atoms with E-state index in [-0.39, 0.29) is 5.60 Å². The molecule has 1 aromatic rings. The average Bonchev–Trinajstić information content (AvgIpc) is 2.37. The van der Waals surface area contributed by atoms with E-state index in [0.29, 0.717) is 12.0 Å². The second-order valence-corrected chi connectivity index (χ2v) is 6.91. The summed E-state index contributed by atoms with van der Waals surface area (Å²) in [5.74, 6) is 2.53. The van der Waals surface area contributed by atoms with Gasteiger partial charge < -0.3 is 14.8 Å². The van der Waals surface area contributed by atoms with Crippen LogP contribution in [0.1, 0.15) is 59.1 Å². The third kappa shape index (κ3) is 4.37. The zero-order valence-corrected chi connectivity index (χ0v) is 14.0. The van der Waals surface area contributed by atoms with Crippen molar-refractivity contribution in [2.24, 2.45) is 5.92 Å². The van der Waals surface area contributed by atoms with Gasteiger partial charge in [0.1, 0.15) is 17.1 Å². The molecule has 2 rings (SSSR count). The highest BCUT2D eigenvalue weighted by molar-refractivity contribution is 5.44. The lowest BCUT2D eigenvalue weighted by Crippen LogP contribution is -2.39. The molecule has 1 N–H and O–H groups in total. The van der Waals surface area contributed by atoms with Gasteiger partial charge >= 0.3 is 0 Å². The molecule has 21 heavy (non-hydrogen) atoms. The number of hydrogen-bond donors (Lipinski definition) is 1. The topological polar surface area (TPSA) is 30.5 Å². The molecular weight excluding hydrogens is 262 g/mol. The fraction of sp³-hybridized carbons (Fsp3) is 0.667. The highest BCUT2D eigenvalue weighted by Gasteiger charge is 2.33. The van der Waals surface area contributed by atoms with E-state index in [2.05, 4.69) is 52.1 Å². The van der Waals surface area contributed by atoms with Crippen LogP contribution in [0.5, 0.6) is 11.5 Å². The van der Waals surface area contributed by atoms with Crippen molar-refractivity contribution in [1.82, 2.24) is 5.32 Å². The lowest BCUT2D eigenvalue weighted by Gasteiger charge is -2.38. The third-order valence-electron chi connectivity index (χ3n) is 3.86. The van der Waals surface area contributed by atoms with Crippen molar-refractivity contribution in [3.63, 3.8) is 0 Å². The Hall–Kier alpha value is -1.22. The van der Waals surface area contributed by atoms with Crippen molar-refractivity contribution in [3.05, 3.63) is 23.8 Å². The molecular formula is C18H29NO2. The number of hydrogen-bond acceptors (Lipinski definition) is 3. The van der Waals surface area contributed by atoms with Gasteiger partial charge in [-0.15, -0.1) is 0 Å². The summed E-state index contributed by atoms with van der Waals surface area (Å²) in [7, 11) is 0. The summed E-state index contributed by atoms with van der Waals surface area (Å²) in [5, 5.41) is 3.55.